The molecule has 17 heavy (non-hydrogen) atoms. The zero-order chi connectivity index (χ0) is 12.5. The number of rotatable bonds is 8. The Balaban J connectivity index is 2.14. The van der Waals surface area contributed by atoms with Crippen LogP contribution in [0.5, 0.6) is 5.75 Å². The van der Waals surface area contributed by atoms with Crippen LogP contribution >= 0.6 is 11.6 Å². The smallest absolute Gasteiger partial charge is 0.137 e. The van der Waals surface area contributed by atoms with Crippen molar-refractivity contribution in [2.45, 2.75) is 39.2 Å². The standard InChI is InChI=1S/C14H22ClNO/c1-3-10-16-12(2)7-6-11-17-14-9-5-4-8-13(14)15/h4-5,8-9,12,16H,3,6-7,10-11H2,1-2H3. The number of halogens is 1. The molecule has 0 spiro atoms. The molecule has 0 aromatic heterocycles. The largest absolute Gasteiger partial charge is 0.492 e. The van der Waals surface area contributed by atoms with Crippen molar-refractivity contribution in [1.29, 1.82) is 0 Å². The van der Waals surface area contributed by atoms with E-state index in [1.807, 2.05) is 24.3 Å². The van der Waals surface area contributed by atoms with E-state index in [2.05, 4.69) is 19.2 Å². The lowest BCUT2D eigenvalue weighted by Gasteiger charge is -2.13. The topological polar surface area (TPSA) is 21.3 Å². The lowest BCUT2D eigenvalue weighted by molar-refractivity contribution is 0.298. The highest BCUT2D eigenvalue weighted by atomic mass is 35.5. The van der Waals surface area contributed by atoms with Gasteiger partial charge in [-0.15, -0.1) is 0 Å². The molecule has 0 radical (unpaired) electrons. The first-order chi connectivity index (χ1) is 8.24. The van der Waals surface area contributed by atoms with Gasteiger partial charge in [-0.25, -0.2) is 0 Å². The van der Waals surface area contributed by atoms with Crippen LogP contribution in [0.3, 0.4) is 0 Å². The monoisotopic (exact) mass is 255 g/mol. The molecule has 1 rings (SSSR count). The van der Waals surface area contributed by atoms with Gasteiger partial charge in [-0.2, -0.15) is 0 Å². The van der Waals surface area contributed by atoms with Crippen molar-refractivity contribution in [3.05, 3.63) is 29.3 Å². The number of benzene rings is 1. The van der Waals surface area contributed by atoms with E-state index in [1.54, 1.807) is 0 Å². The lowest BCUT2D eigenvalue weighted by Crippen LogP contribution is -2.26. The zero-order valence-electron chi connectivity index (χ0n) is 10.7. The van der Waals surface area contributed by atoms with Gasteiger partial charge in [-0.1, -0.05) is 30.7 Å². The second-order valence-corrected chi connectivity index (χ2v) is 4.68. The van der Waals surface area contributed by atoms with Gasteiger partial charge in [0.15, 0.2) is 0 Å². The fourth-order valence-corrected chi connectivity index (χ4v) is 1.82. The molecule has 1 aromatic rings. The van der Waals surface area contributed by atoms with Crippen LogP contribution < -0.4 is 10.1 Å². The highest BCUT2D eigenvalue weighted by Gasteiger charge is 2.02. The lowest BCUT2D eigenvalue weighted by atomic mass is 10.2. The van der Waals surface area contributed by atoms with Crippen LogP contribution in [0.25, 0.3) is 0 Å². The van der Waals surface area contributed by atoms with Gasteiger partial charge in [0.2, 0.25) is 0 Å². The summed E-state index contributed by atoms with van der Waals surface area (Å²) >= 11 is 6.00. The van der Waals surface area contributed by atoms with Crippen molar-refractivity contribution in [2.75, 3.05) is 13.2 Å². The van der Waals surface area contributed by atoms with Crippen LogP contribution in [0.2, 0.25) is 5.02 Å². The molecule has 0 aliphatic heterocycles. The van der Waals surface area contributed by atoms with Crippen molar-refractivity contribution < 1.29 is 4.74 Å². The Morgan fingerprint density at radius 2 is 2.12 bits per heavy atom. The van der Waals surface area contributed by atoms with Crippen LogP contribution in [0, 0.1) is 0 Å². The normalized spacial score (nSPS) is 12.4. The summed E-state index contributed by atoms with van der Waals surface area (Å²) in [7, 11) is 0. The highest BCUT2D eigenvalue weighted by Crippen LogP contribution is 2.23. The van der Waals surface area contributed by atoms with E-state index in [0.29, 0.717) is 11.1 Å². The number of ether oxygens (including phenoxy) is 1. The third-order valence-electron chi connectivity index (χ3n) is 2.62. The molecule has 0 amide bonds. The molecule has 0 aliphatic carbocycles. The molecule has 1 N–H and O–H groups in total. The molecule has 0 saturated heterocycles. The van der Waals surface area contributed by atoms with Gasteiger partial charge in [0.25, 0.3) is 0 Å². The fourth-order valence-electron chi connectivity index (χ4n) is 1.63. The second kappa shape index (κ2) is 8.37. The van der Waals surface area contributed by atoms with Gasteiger partial charge in [0.1, 0.15) is 5.75 Å². The first kappa shape index (κ1) is 14.3. The molecule has 0 saturated carbocycles. The predicted molar refractivity (Wildman–Crippen MR) is 73.9 cm³/mol. The molecular formula is C14H22ClNO. The van der Waals surface area contributed by atoms with Crippen molar-refractivity contribution in [1.82, 2.24) is 5.32 Å². The van der Waals surface area contributed by atoms with E-state index >= 15 is 0 Å². The van der Waals surface area contributed by atoms with Crippen LogP contribution in [0.4, 0.5) is 0 Å². The van der Waals surface area contributed by atoms with E-state index in [9.17, 15) is 0 Å². The molecule has 3 heteroatoms. The molecule has 96 valence electrons. The van der Waals surface area contributed by atoms with Crippen LogP contribution in [-0.4, -0.2) is 19.2 Å². The molecule has 1 unspecified atom stereocenters. The van der Waals surface area contributed by atoms with Crippen LogP contribution in [0.15, 0.2) is 24.3 Å². The second-order valence-electron chi connectivity index (χ2n) is 4.28. The van der Waals surface area contributed by atoms with E-state index < -0.39 is 0 Å². The summed E-state index contributed by atoms with van der Waals surface area (Å²) in [6.07, 6.45) is 3.36. The summed E-state index contributed by atoms with van der Waals surface area (Å²) in [5.74, 6) is 0.781. The maximum atomic E-state index is 6.00. The van der Waals surface area contributed by atoms with Gasteiger partial charge >= 0.3 is 0 Å². The van der Waals surface area contributed by atoms with Gasteiger partial charge in [-0.3, -0.25) is 0 Å². The maximum Gasteiger partial charge on any atom is 0.137 e. The third-order valence-corrected chi connectivity index (χ3v) is 2.93. The van der Waals surface area contributed by atoms with E-state index in [0.717, 1.165) is 31.7 Å². The average Bonchev–Trinajstić information content (AvgIpc) is 2.34. The Morgan fingerprint density at radius 1 is 1.35 bits per heavy atom. The molecule has 2 nitrogen and oxygen atoms in total. The Bertz CT molecular complexity index is 317. The fraction of sp³-hybridized carbons (Fsp3) is 0.571. The molecule has 0 bridgehead atoms. The van der Waals surface area contributed by atoms with Crippen molar-refractivity contribution in [3.63, 3.8) is 0 Å². The average molecular weight is 256 g/mol. The van der Waals surface area contributed by atoms with Crippen molar-refractivity contribution >= 4 is 11.6 Å². The number of nitrogens with one attached hydrogen (secondary N) is 1. The first-order valence-corrected chi connectivity index (χ1v) is 6.72. The number of hydrogen-bond donors (Lipinski definition) is 1. The summed E-state index contributed by atoms with van der Waals surface area (Å²) in [4.78, 5) is 0. The van der Waals surface area contributed by atoms with Gasteiger partial charge in [-0.05, 0) is 44.9 Å². The summed E-state index contributed by atoms with van der Waals surface area (Å²) in [6.45, 7) is 6.21. The maximum absolute atomic E-state index is 6.00. The van der Waals surface area contributed by atoms with Gasteiger partial charge < -0.3 is 10.1 Å². The molecular weight excluding hydrogens is 234 g/mol. The predicted octanol–water partition coefficient (Wildman–Crippen LogP) is 3.89. The minimum absolute atomic E-state index is 0.560. The molecule has 1 aromatic carbocycles. The minimum Gasteiger partial charge on any atom is -0.492 e. The zero-order valence-corrected chi connectivity index (χ0v) is 11.5. The van der Waals surface area contributed by atoms with Crippen LogP contribution in [-0.2, 0) is 0 Å². The Morgan fingerprint density at radius 3 is 2.82 bits per heavy atom. The molecule has 0 heterocycles. The van der Waals surface area contributed by atoms with Crippen molar-refractivity contribution in [3.8, 4) is 5.75 Å². The van der Waals surface area contributed by atoms with Gasteiger partial charge in [0, 0.05) is 6.04 Å². The summed E-state index contributed by atoms with van der Waals surface area (Å²) in [5.41, 5.74) is 0. The SMILES string of the molecule is CCCNC(C)CCCOc1ccccc1Cl. The van der Waals surface area contributed by atoms with Crippen LogP contribution in [0.1, 0.15) is 33.1 Å². The molecule has 0 fully saturated rings. The number of hydrogen-bond acceptors (Lipinski definition) is 2. The highest BCUT2D eigenvalue weighted by molar-refractivity contribution is 6.32. The third kappa shape index (κ3) is 5.94. The van der Waals surface area contributed by atoms with E-state index in [-0.39, 0.29) is 0 Å². The Kier molecular flexibility index (Phi) is 7.06. The summed E-state index contributed by atoms with van der Waals surface area (Å²) in [6, 6.07) is 8.16. The summed E-state index contributed by atoms with van der Waals surface area (Å²) in [5, 5.41) is 4.15. The quantitative estimate of drug-likeness (QED) is 0.712. The van der Waals surface area contributed by atoms with E-state index in [1.165, 1.54) is 6.42 Å². The Labute approximate surface area is 109 Å². The molecule has 0 aliphatic rings. The summed E-state index contributed by atoms with van der Waals surface area (Å²) < 4.78 is 5.63. The number of para-hydroxylation sites is 1. The van der Waals surface area contributed by atoms with Gasteiger partial charge in [0.05, 0.1) is 11.6 Å². The minimum atomic E-state index is 0.560. The first-order valence-electron chi connectivity index (χ1n) is 6.34. The molecule has 1 atom stereocenters. The van der Waals surface area contributed by atoms with Crippen molar-refractivity contribution in [2.24, 2.45) is 0 Å². The Hall–Kier alpha value is -0.730. The van der Waals surface area contributed by atoms with E-state index in [4.69, 9.17) is 16.3 Å².